The number of carbonyl (C=O) groups is 2. The number of nitrogens with one attached hydrogen (secondary N) is 2. The Balaban J connectivity index is 1.59. The van der Waals surface area contributed by atoms with Crippen molar-refractivity contribution in [2.24, 2.45) is 0 Å². The van der Waals surface area contributed by atoms with Crippen LogP contribution in [-0.2, 0) is 16.0 Å². The van der Waals surface area contributed by atoms with Gasteiger partial charge in [0.15, 0.2) is 11.5 Å². The molecule has 1 aromatic carbocycles. The molecule has 29 heavy (non-hydrogen) atoms. The Labute approximate surface area is 170 Å². The van der Waals surface area contributed by atoms with Crippen molar-refractivity contribution >= 4 is 11.9 Å². The average molecular weight is 400 g/mol. The molecule has 0 fully saturated rings. The van der Waals surface area contributed by atoms with E-state index in [2.05, 4.69) is 10.3 Å². The van der Waals surface area contributed by atoms with E-state index < -0.39 is 0 Å². The van der Waals surface area contributed by atoms with Crippen LogP contribution in [0, 0.1) is 13.8 Å². The normalized spacial score (nSPS) is 13.7. The Morgan fingerprint density at radius 2 is 1.93 bits per heavy atom. The molecule has 1 aliphatic heterocycles. The second-order valence-corrected chi connectivity index (χ2v) is 7.14. The summed E-state index contributed by atoms with van der Waals surface area (Å²) in [5.74, 6) is 1.05. The first-order chi connectivity index (χ1) is 13.9. The number of ether oxygens (including phenoxy) is 3. The van der Waals surface area contributed by atoms with Crippen LogP contribution in [0.15, 0.2) is 18.2 Å². The van der Waals surface area contributed by atoms with Crippen LogP contribution < -0.4 is 14.8 Å². The Morgan fingerprint density at radius 3 is 2.66 bits per heavy atom. The van der Waals surface area contributed by atoms with Crippen LogP contribution in [0.5, 0.6) is 11.5 Å². The minimum absolute atomic E-state index is 0.0586. The lowest BCUT2D eigenvalue weighted by Gasteiger charge is -2.21. The molecule has 3 rings (SSSR count). The summed E-state index contributed by atoms with van der Waals surface area (Å²) in [5, 5.41) is 3.02. The quantitative estimate of drug-likeness (QED) is 0.696. The lowest BCUT2D eigenvalue weighted by Crippen LogP contribution is -2.27. The van der Waals surface area contributed by atoms with E-state index in [1.54, 1.807) is 6.92 Å². The largest absolute Gasteiger partial charge is 0.486 e. The van der Waals surface area contributed by atoms with Crippen molar-refractivity contribution in [2.45, 2.75) is 46.6 Å². The van der Waals surface area contributed by atoms with Gasteiger partial charge < -0.3 is 24.5 Å². The molecule has 0 unspecified atom stereocenters. The van der Waals surface area contributed by atoms with Gasteiger partial charge in [0, 0.05) is 17.8 Å². The lowest BCUT2D eigenvalue weighted by atomic mass is 10.1. The van der Waals surface area contributed by atoms with E-state index in [1.165, 1.54) is 0 Å². The monoisotopic (exact) mass is 400 g/mol. The fraction of sp³-hybridized carbons (Fsp3) is 0.455. The van der Waals surface area contributed by atoms with Gasteiger partial charge in [-0.25, -0.2) is 4.79 Å². The molecule has 2 heterocycles. The molecular weight excluding hydrogens is 372 g/mol. The summed E-state index contributed by atoms with van der Waals surface area (Å²) in [4.78, 5) is 27.8. The number of aromatic nitrogens is 1. The van der Waals surface area contributed by atoms with E-state index in [1.807, 2.05) is 39.0 Å². The van der Waals surface area contributed by atoms with Gasteiger partial charge in [0.25, 0.3) is 0 Å². The van der Waals surface area contributed by atoms with E-state index in [4.69, 9.17) is 14.2 Å². The van der Waals surface area contributed by atoms with Crippen molar-refractivity contribution in [1.82, 2.24) is 10.3 Å². The third kappa shape index (κ3) is 4.72. The minimum Gasteiger partial charge on any atom is -0.486 e. The average Bonchev–Trinajstić information content (AvgIpc) is 2.99. The van der Waals surface area contributed by atoms with Crippen LogP contribution in [0.1, 0.15) is 59.2 Å². The van der Waals surface area contributed by atoms with E-state index in [-0.39, 0.29) is 17.9 Å². The number of rotatable bonds is 7. The molecule has 0 bridgehead atoms. The highest BCUT2D eigenvalue weighted by atomic mass is 16.6. The van der Waals surface area contributed by atoms with Crippen LogP contribution in [0.2, 0.25) is 0 Å². The van der Waals surface area contributed by atoms with Crippen LogP contribution >= 0.6 is 0 Å². The first kappa shape index (κ1) is 20.8. The number of carbonyl (C=O) groups excluding carboxylic acids is 2. The van der Waals surface area contributed by atoms with Crippen LogP contribution in [0.3, 0.4) is 0 Å². The molecule has 7 heteroatoms. The Kier molecular flexibility index (Phi) is 6.46. The molecule has 1 amide bonds. The molecule has 1 aliphatic rings. The predicted octanol–water partition coefficient (Wildman–Crippen LogP) is 3.39. The number of benzene rings is 1. The zero-order chi connectivity index (χ0) is 21.0. The fourth-order valence-electron chi connectivity index (χ4n) is 3.54. The topological polar surface area (TPSA) is 89.7 Å². The number of aryl methyl sites for hydroxylation is 2. The van der Waals surface area contributed by atoms with Crippen LogP contribution in [0.4, 0.5) is 0 Å². The van der Waals surface area contributed by atoms with Crippen molar-refractivity contribution in [3.05, 3.63) is 46.3 Å². The zero-order valence-corrected chi connectivity index (χ0v) is 17.4. The van der Waals surface area contributed by atoms with Gasteiger partial charge in [-0.15, -0.1) is 0 Å². The fourth-order valence-corrected chi connectivity index (χ4v) is 3.54. The third-order valence-corrected chi connectivity index (χ3v) is 5.07. The summed E-state index contributed by atoms with van der Waals surface area (Å²) in [6.07, 6.45) is 0.837. The number of aromatic amines is 1. The van der Waals surface area contributed by atoms with Gasteiger partial charge in [0.05, 0.1) is 18.2 Å². The molecule has 0 saturated heterocycles. The van der Waals surface area contributed by atoms with Gasteiger partial charge >= 0.3 is 5.97 Å². The maximum Gasteiger partial charge on any atom is 0.340 e. The Bertz CT molecular complexity index is 903. The highest BCUT2D eigenvalue weighted by Gasteiger charge is 2.20. The van der Waals surface area contributed by atoms with Gasteiger partial charge in [-0.05, 0) is 57.4 Å². The van der Waals surface area contributed by atoms with E-state index in [0.717, 1.165) is 28.3 Å². The van der Waals surface area contributed by atoms with Crippen molar-refractivity contribution in [2.75, 3.05) is 19.8 Å². The van der Waals surface area contributed by atoms with Crippen molar-refractivity contribution in [1.29, 1.82) is 0 Å². The minimum atomic E-state index is -0.332. The smallest absolute Gasteiger partial charge is 0.340 e. The van der Waals surface area contributed by atoms with Gasteiger partial charge in [-0.1, -0.05) is 6.07 Å². The highest BCUT2D eigenvalue weighted by molar-refractivity contribution is 5.92. The molecule has 0 aliphatic carbocycles. The first-order valence-corrected chi connectivity index (χ1v) is 9.94. The molecule has 2 aromatic rings. The maximum absolute atomic E-state index is 12.5. The summed E-state index contributed by atoms with van der Waals surface area (Å²) in [6, 6.07) is 5.56. The van der Waals surface area contributed by atoms with Crippen LogP contribution in [0.25, 0.3) is 0 Å². The van der Waals surface area contributed by atoms with E-state index in [9.17, 15) is 9.59 Å². The molecule has 1 atom stereocenters. The van der Waals surface area contributed by atoms with Crippen LogP contribution in [-0.4, -0.2) is 36.7 Å². The second-order valence-electron chi connectivity index (χ2n) is 7.14. The summed E-state index contributed by atoms with van der Waals surface area (Å²) in [5.41, 5.74) is 4.01. The SMILES string of the molecule is CCOC(=O)c1c(C)[nH]c(CCC(=O)N[C@H](C)c2ccc3c(c2)OCCO3)c1C. The number of H-pyrrole nitrogens is 1. The summed E-state index contributed by atoms with van der Waals surface area (Å²) >= 11 is 0. The predicted molar refractivity (Wildman–Crippen MR) is 109 cm³/mol. The molecule has 0 spiro atoms. The summed E-state index contributed by atoms with van der Waals surface area (Å²) in [7, 11) is 0. The number of esters is 1. The van der Waals surface area contributed by atoms with Crippen molar-refractivity contribution < 1.29 is 23.8 Å². The molecule has 7 nitrogen and oxygen atoms in total. The van der Waals surface area contributed by atoms with E-state index in [0.29, 0.717) is 44.0 Å². The number of fused-ring (bicyclic) bond motifs is 1. The van der Waals surface area contributed by atoms with Gasteiger partial charge in [-0.3, -0.25) is 4.79 Å². The standard InChI is InChI=1S/C22H28N2O5/c1-5-27-22(26)21-13(2)17(23-15(21)4)7-9-20(25)24-14(3)16-6-8-18-19(12-16)29-11-10-28-18/h6,8,12,14,23H,5,7,9-11H2,1-4H3,(H,24,25)/t14-/m1/s1. The number of hydrogen-bond acceptors (Lipinski definition) is 5. The summed E-state index contributed by atoms with van der Waals surface area (Å²) in [6.45, 7) is 8.84. The van der Waals surface area contributed by atoms with Crippen molar-refractivity contribution in [3.8, 4) is 11.5 Å². The lowest BCUT2D eigenvalue weighted by molar-refractivity contribution is -0.121. The highest BCUT2D eigenvalue weighted by Crippen LogP contribution is 2.32. The number of amides is 1. The van der Waals surface area contributed by atoms with Crippen molar-refractivity contribution in [3.63, 3.8) is 0 Å². The summed E-state index contributed by atoms with van der Waals surface area (Å²) < 4.78 is 16.3. The van der Waals surface area contributed by atoms with Gasteiger partial charge in [0.1, 0.15) is 13.2 Å². The molecule has 1 aromatic heterocycles. The van der Waals surface area contributed by atoms with Gasteiger partial charge in [-0.2, -0.15) is 0 Å². The number of hydrogen-bond donors (Lipinski definition) is 2. The molecule has 0 radical (unpaired) electrons. The third-order valence-electron chi connectivity index (χ3n) is 5.07. The molecule has 0 saturated carbocycles. The maximum atomic E-state index is 12.5. The molecular formula is C22H28N2O5. The second kappa shape index (κ2) is 9.03. The first-order valence-electron chi connectivity index (χ1n) is 9.94. The zero-order valence-electron chi connectivity index (χ0n) is 17.4. The Hall–Kier alpha value is -2.96. The molecule has 2 N–H and O–H groups in total. The Morgan fingerprint density at radius 1 is 1.21 bits per heavy atom. The van der Waals surface area contributed by atoms with E-state index >= 15 is 0 Å². The molecule has 156 valence electrons. The van der Waals surface area contributed by atoms with Gasteiger partial charge in [0.2, 0.25) is 5.91 Å².